The first-order chi connectivity index (χ1) is 11.8. The minimum absolute atomic E-state index is 0.641. The molecule has 0 amide bonds. The number of hydrogen-bond donors (Lipinski definition) is 2. The largest absolute Gasteiger partial charge is 0.338 e. The lowest BCUT2D eigenvalue weighted by atomic mass is 9.97. The second-order valence-corrected chi connectivity index (χ2v) is 7.52. The van der Waals surface area contributed by atoms with Gasteiger partial charge < -0.3 is 5.32 Å². The van der Waals surface area contributed by atoms with Crippen molar-refractivity contribution in [1.29, 1.82) is 0 Å². The van der Waals surface area contributed by atoms with Gasteiger partial charge in [0.2, 0.25) is 0 Å². The minimum Gasteiger partial charge on any atom is -0.338 e. The predicted octanol–water partition coefficient (Wildman–Crippen LogP) is 4.84. The van der Waals surface area contributed by atoms with Crippen LogP contribution in [0, 0.1) is 0 Å². The maximum atomic E-state index is 6.43. The summed E-state index contributed by atoms with van der Waals surface area (Å²) in [6.07, 6.45) is 8.16. The smallest absolute Gasteiger partial charge is 0.142 e. The molecular weight excluding hydrogens is 342 g/mol. The summed E-state index contributed by atoms with van der Waals surface area (Å²) < 4.78 is 0. The zero-order chi connectivity index (χ0) is 16.1. The van der Waals surface area contributed by atoms with E-state index in [9.17, 15) is 0 Å². The van der Waals surface area contributed by atoms with E-state index in [-0.39, 0.29) is 0 Å². The fourth-order valence-corrected chi connectivity index (χ4v) is 4.81. The molecule has 0 bridgehead atoms. The Balaban J connectivity index is 1.65. The van der Waals surface area contributed by atoms with E-state index in [0.29, 0.717) is 5.02 Å². The topological polar surface area (TPSA) is 66.5 Å². The zero-order valence-corrected chi connectivity index (χ0v) is 14.3. The van der Waals surface area contributed by atoms with Gasteiger partial charge in [-0.25, -0.2) is 9.97 Å². The standard InChI is InChI=1S/C17H14ClN5S/c18-11-6-12-9(7-21-23-12)5-13(11)22-16-15-10-3-1-2-4-14(10)24-17(15)20-8-19-16/h5-8H,1-4H2,(H,21,23)(H,19,20,22). The Labute approximate surface area is 147 Å². The number of halogens is 1. The number of benzene rings is 1. The van der Waals surface area contributed by atoms with E-state index in [4.69, 9.17) is 11.6 Å². The summed E-state index contributed by atoms with van der Waals surface area (Å²) in [4.78, 5) is 11.5. The SMILES string of the molecule is Clc1cc2[nH]ncc2cc1Nc1ncnc2sc3c(c12)CCCC3. The van der Waals surface area contributed by atoms with Crippen LogP contribution in [0.1, 0.15) is 23.3 Å². The van der Waals surface area contributed by atoms with Crippen LogP contribution in [0.2, 0.25) is 5.02 Å². The Bertz CT molecular complexity index is 1070. The zero-order valence-electron chi connectivity index (χ0n) is 12.8. The first kappa shape index (κ1) is 14.2. The summed E-state index contributed by atoms with van der Waals surface area (Å²) in [6, 6.07) is 3.88. The van der Waals surface area contributed by atoms with E-state index in [0.717, 1.165) is 45.5 Å². The van der Waals surface area contributed by atoms with Gasteiger partial charge in [-0.1, -0.05) is 11.6 Å². The molecule has 0 radical (unpaired) electrons. The number of rotatable bonds is 2. The van der Waals surface area contributed by atoms with E-state index in [1.54, 1.807) is 23.9 Å². The summed E-state index contributed by atoms with van der Waals surface area (Å²) in [5.41, 5.74) is 3.16. The molecule has 7 heteroatoms. The molecule has 0 saturated carbocycles. The Morgan fingerprint density at radius 1 is 1.17 bits per heavy atom. The van der Waals surface area contributed by atoms with Crippen molar-refractivity contribution in [3.05, 3.63) is 40.1 Å². The van der Waals surface area contributed by atoms with Gasteiger partial charge in [0.05, 0.1) is 27.8 Å². The maximum Gasteiger partial charge on any atom is 0.142 e. The number of anilines is 2. The van der Waals surface area contributed by atoms with Crippen molar-refractivity contribution in [2.24, 2.45) is 0 Å². The van der Waals surface area contributed by atoms with Gasteiger partial charge in [0.1, 0.15) is 17.0 Å². The third-order valence-corrected chi connectivity index (χ3v) is 6.04. The Hall–Kier alpha value is -2.18. The van der Waals surface area contributed by atoms with Gasteiger partial charge in [-0.3, -0.25) is 5.10 Å². The van der Waals surface area contributed by atoms with Gasteiger partial charge in [0.15, 0.2) is 0 Å². The van der Waals surface area contributed by atoms with Crippen LogP contribution in [0.15, 0.2) is 24.7 Å². The van der Waals surface area contributed by atoms with Crippen LogP contribution in [0.5, 0.6) is 0 Å². The number of aromatic amines is 1. The molecule has 120 valence electrons. The van der Waals surface area contributed by atoms with Gasteiger partial charge in [-0.2, -0.15) is 5.10 Å². The number of nitrogens with one attached hydrogen (secondary N) is 2. The molecule has 0 unspecified atom stereocenters. The second kappa shape index (κ2) is 5.43. The third-order valence-electron chi connectivity index (χ3n) is 4.53. The van der Waals surface area contributed by atoms with E-state index in [2.05, 4.69) is 25.5 Å². The lowest BCUT2D eigenvalue weighted by Crippen LogP contribution is -2.01. The average molecular weight is 356 g/mol. The van der Waals surface area contributed by atoms with Crippen molar-refractivity contribution in [3.63, 3.8) is 0 Å². The highest BCUT2D eigenvalue weighted by atomic mass is 35.5. The molecule has 5 nitrogen and oxygen atoms in total. The van der Waals surface area contributed by atoms with E-state index in [1.165, 1.54) is 23.3 Å². The van der Waals surface area contributed by atoms with Crippen LogP contribution in [0.4, 0.5) is 11.5 Å². The lowest BCUT2D eigenvalue weighted by Gasteiger charge is -2.13. The van der Waals surface area contributed by atoms with Crippen molar-refractivity contribution in [2.75, 3.05) is 5.32 Å². The number of thiophene rings is 1. The molecule has 1 aliphatic carbocycles. The van der Waals surface area contributed by atoms with E-state index >= 15 is 0 Å². The molecule has 24 heavy (non-hydrogen) atoms. The van der Waals surface area contributed by atoms with Crippen molar-refractivity contribution in [2.45, 2.75) is 25.7 Å². The summed E-state index contributed by atoms with van der Waals surface area (Å²) in [5.74, 6) is 0.837. The minimum atomic E-state index is 0.641. The van der Waals surface area contributed by atoms with Crippen molar-refractivity contribution >= 4 is 55.6 Å². The summed E-state index contributed by atoms with van der Waals surface area (Å²) >= 11 is 8.22. The van der Waals surface area contributed by atoms with Gasteiger partial charge in [0, 0.05) is 10.3 Å². The van der Waals surface area contributed by atoms with Crippen molar-refractivity contribution in [3.8, 4) is 0 Å². The van der Waals surface area contributed by atoms with Crippen LogP contribution < -0.4 is 5.32 Å². The third kappa shape index (κ3) is 2.17. The van der Waals surface area contributed by atoms with E-state index < -0.39 is 0 Å². The van der Waals surface area contributed by atoms with Crippen molar-refractivity contribution in [1.82, 2.24) is 20.2 Å². The molecule has 4 aromatic rings. The van der Waals surface area contributed by atoms with Crippen LogP contribution in [0.25, 0.3) is 21.1 Å². The molecule has 0 atom stereocenters. The number of hydrogen-bond acceptors (Lipinski definition) is 5. The fraction of sp³-hybridized carbons (Fsp3) is 0.235. The summed E-state index contributed by atoms with van der Waals surface area (Å²) in [6.45, 7) is 0. The maximum absolute atomic E-state index is 6.43. The molecule has 0 fully saturated rings. The normalized spacial score (nSPS) is 14.2. The monoisotopic (exact) mass is 355 g/mol. The number of fused-ring (bicyclic) bond motifs is 4. The Morgan fingerprint density at radius 3 is 3.04 bits per heavy atom. The molecule has 0 spiro atoms. The molecule has 1 aliphatic rings. The van der Waals surface area contributed by atoms with E-state index in [1.807, 2.05) is 12.1 Å². The highest BCUT2D eigenvalue weighted by Gasteiger charge is 2.20. The molecule has 0 saturated heterocycles. The van der Waals surface area contributed by atoms with Crippen molar-refractivity contribution < 1.29 is 0 Å². The number of H-pyrrole nitrogens is 1. The Kier molecular flexibility index (Phi) is 3.21. The highest BCUT2D eigenvalue weighted by Crippen LogP contribution is 2.39. The first-order valence-electron chi connectivity index (χ1n) is 7.94. The molecule has 1 aromatic carbocycles. The number of nitrogens with zero attached hydrogens (tertiary/aromatic N) is 3. The highest BCUT2D eigenvalue weighted by molar-refractivity contribution is 7.19. The quantitative estimate of drug-likeness (QED) is 0.539. The predicted molar refractivity (Wildman–Crippen MR) is 98.4 cm³/mol. The fourth-order valence-electron chi connectivity index (χ4n) is 3.37. The summed E-state index contributed by atoms with van der Waals surface area (Å²) in [7, 11) is 0. The molecule has 2 N–H and O–H groups in total. The van der Waals surface area contributed by atoms with Gasteiger partial charge in [-0.15, -0.1) is 11.3 Å². The van der Waals surface area contributed by atoms with Crippen LogP contribution in [0.3, 0.4) is 0 Å². The molecule has 3 aromatic heterocycles. The lowest BCUT2D eigenvalue weighted by molar-refractivity contribution is 0.700. The average Bonchev–Trinajstić information content (AvgIpc) is 3.19. The molecule has 0 aliphatic heterocycles. The van der Waals surface area contributed by atoms with Crippen LogP contribution in [-0.2, 0) is 12.8 Å². The molecule has 5 rings (SSSR count). The van der Waals surface area contributed by atoms with Crippen LogP contribution in [-0.4, -0.2) is 20.2 Å². The number of aromatic nitrogens is 4. The van der Waals surface area contributed by atoms with Gasteiger partial charge in [0.25, 0.3) is 0 Å². The molecule has 3 heterocycles. The van der Waals surface area contributed by atoms with Gasteiger partial charge >= 0.3 is 0 Å². The molecular formula is C17H14ClN5S. The second-order valence-electron chi connectivity index (χ2n) is 6.03. The van der Waals surface area contributed by atoms with Gasteiger partial charge in [-0.05, 0) is 43.4 Å². The number of aryl methyl sites for hydroxylation is 2. The van der Waals surface area contributed by atoms with Crippen LogP contribution >= 0.6 is 22.9 Å². The summed E-state index contributed by atoms with van der Waals surface area (Å²) in [5, 5.41) is 13.2. The first-order valence-corrected chi connectivity index (χ1v) is 9.14. The Morgan fingerprint density at radius 2 is 2.08 bits per heavy atom.